The average Bonchev–Trinajstić information content (AvgIpc) is 3.42. The molecule has 240 valence electrons. The zero-order valence-electron chi connectivity index (χ0n) is 24.4. The molecule has 3 aliphatic heterocycles. The van der Waals surface area contributed by atoms with Crippen molar-refractivity contribution in [3.63, 3.8) is 0 Å². The van der Waals surface area contributed by atoms with Gasteiger partial charge in [0.15, 0.2) is 11.6 Å². The van der Waals surface area contributed by atoms with Gasteiger partial charge in [-0.05, 0) is 63.2 Å². The molecule has 0 radical (unpaired) electrons. The van der Waals surface area contributed by atoms with E-state index in [1.807, 2.05) is 0 Å². The molecule has 1 unspecified atom stereocenters. The van der Waals surface area contributed by atoms with Crippen LogP contribution >= 0.6 is 11.6 Å². The normalized spacial score (nSPS) is 21.0. The van der Waals surface area contributed by atoms with Crippen LogP contribution in [0, 0.1) is 11.6 Å². The molecule has 3 N–H and O–H groups in total. The number of carbonyl (C=O) groups excluding carboxylic acids is 3. The van der Waals surface area contributed by atoms with Crippen LogP contribution in [0.3, 0.4) is 0 Å². The van der Waals surface area contributed by atoms with Crippen LogP contribution in [0.25, 0.3) is 0 Å². The van der Waals surface area contributed by atoms with Crippen LogP contribution in [-0.2, 0) is 9.59 Å². The Kier molecular flexibility index (Phi) is 9.46. The molecule has 3 amide bonds. The van der Waals surface area contributed by atoms with E-state index in [1.54, 1.807) is 9.80 Å². The minimum Gasteiger partial charge on any atom is -0.460 e. The second kappa shape index (κ2) is 13.2. The van der Waals surface area contributed by atoms with Crippen molar-refractivity contribution < 1.29 is 37.4 Å². The molecule has 0 aromatic heterocycles. The van der Waals surface area contributed by atoms with Gasteiger partial charge in [0.2, 0.25) is 24.2 Å². The third-order valence-corrected chi connectivity index (χ3v) is 8.44. The Balaban J connectivity index is 1.19. The molecule has 0 saturated carbocycles. The number of ether oxygens (including phenoxy) is 1. The summed E-state index contributed by atoms with van der Waals surface area (Å²) in [7, 11) is 0. The predicted molar refractivity (Wildman–Crippen MR) is 161 cm³/mol. The van der Waals surface area contributed by atoms with Crippen LogP contribution < -0.4 is 15.4 Å². The zero-order valence-corrected chi connectivity index (χ0v) is 25.2. The van der Waals surface area contributed by atoms with Gasteiger partial charge >= 0.3 is 0 Å². The maximum Gasteiger partial charge on any atom is 0.274 e. The lowest BCUT2D eigenvalue weighted by atomic mass is 9.88. The van der Waals surface area contributed by atoms with Crippen LogP contribution in [-0.4, -0.2) is 102 Å². The number of carbonyl (C=O) groups is 3. The van der Waals surface area contributed by atoms with Gasteiger partial charge in [0, 0.05) is 37.4 Å². The highest BCUT2D eigenvalue weighted by Gasteiger charge is 2.37. The number of piperazine rings is 1. The van der Waals surface area contributed by atoms with Crippen LogP contribution in [0.2, 0.25) is 5.02 Å². The van der Waals surface area contributed by atoms with Crippen molar-refractivity contribution >= 4 is 46.9 Å². The average molecular weight is 649 g/mol. The van der Waals surface area contributed by atoms with Crippen molar-refractivity contribution in [3.8, 4) is 5.75 Å². The van der Waals surface area contributed by atoms with Gasteiger partial charge < -0.3 is 30.3 Å². The minimum absolute atomic E-state index is 0.0538. The second-order valence-electron chi connectivity index (χ2n) is 11.2. The van der Waals surface area contributed by atoms with Crippen LogP contribution in [0.5, 0.6) is 5.75 Å². The van der Waals surface area contributed by atoms with E-state index in [2.05, 4.69) is 25.4 Å². The van der Waals surface area contributed by atoms with Gasteiger partial charge in [-0.15, -0.1) is 0 Å². The number of benzene rings is 2. The van der Waals surface area contributed by atoms with E-state index in [0.29, 0.717) is 52.1 Å². The van der Waals surface area contributed by atoms with Crippen molar-refractivity contribution in [2.75, 3.05) is 51.4 Å². The smallest absolute Gasteiger partial charge is 0.274 e. The summed E-state index contributed by atoms with van der Waals surface area (Å²) in [4.78, 5) is 50.6. The van der Waals surface area contributed by atoms with Crippen molar-refractivity contribution in [2.24, 2.45) is 9.98 Å². The third-order valence-electron chi connectivity index (χ3n) is 8.13. The van der Waals surface area contributed by atoms with Crippen LogP contribution in [0.1, 0.15) is 42.1 Å². The molecule has 5 rings (SSSR count). The molecule has 11 nitrogen and oxygen atoms in total. The zero-order chi connectivity index (χ0) is 32.4. The Labute approximate surface area is 262 Å². The summed E-state index contributed by atoms with van der Waals surface area (Å²) in [5, 5.41) is 16.6. The van der Waals surface area contributed by atoms with Crippen molar-refractivity contribution in [2.45, 2.75) is 37.5 Å². The molecule has 0 spiro atoms. The van der Waals surface area contributed by atoms with E-state index >= 15 is 0 Å². The molecule has 1 atom stereocenters. The molecule has 2 fully saturated rings. The van der Waals surface area contributed by atoms with Gasteiger partial charge in [0.05, 0.1) is 34.5 Å². The Morgan fingerprint density at radius 3 is 2.42 bits per heavy atom. The van der Waals surface area contributed by atoms with Crippen LogP contribution in [0.4, 0.5) is 18.9 Å². The Bertz CT molecular complexity index is 1560. The number of rotatable bonds is 8. The number of aliphatic hydroxyl groups is 1. The highest BCUT2D eigenvalue weighted by atomic mass is 35.5. The van der Waals surface area contributed by atoms with Crippen molar-refractivity contribution in [1.29, 1.82) is 0 Å². The fourth-order valence-electron chi connectivity index (χ4n) is 5.43. The number of halogens is 4. The fraction of sp³-hybridized carbons (Fsp3) is 0.433. The van der Waals surface area contributed by atoms with Crippen molar-refractivity contribution in [3.05, 3.63) is 58.1 Å². The highest BCUT2D eigenvalue weighted by Crippen LogP contribution is 2.29. The number of hydrogen-bond donors (Lipinski definition) is 3. The van der Waals surface area contributed by atoms with E-state index in [-0.39, 0.29) is 45.8 Å². The lowest BCUT2D eigenvalue weighted by Crippen LogP contribution is -2.53. The Morgan fingerprint density at radius 1 is 1.07 bits per heavy atom. The fourth-order valence-corrected chi connectivity index (χ4v) is 5.69. The first-order valence-corrected chi connectivity index (χ1v) is 14.7. The summed E-state index contributed by atoms with van der Waals surface area (Å²) >= 11 is 6.43. The predicted octanol–water partition coefficient (Wildman–Crippen LogP) is 2.94. The number of aliphatic imine (C=N–C) groups is 2. The molecular formula is C30H32ClF3N6O5. The van der Waals surface area contributed by atoms with Gasteiger partial charge in [0.25, 0.3) is 11.8 Å². The Hall–Kier alpha value is -4.01. The number of nitrogens with zero attached hydrogens (tertiary/aromatic N) is 4. The second-order valence-corrected chi connectivity index (χ2v) is 11.6. The molecule has 0 bridgehead atoms. The number of piperidine rings is 1. The molecule has 0 aliphatic carbocycles. The number of hydrogen-bond acceptors (Lipinski definition) is 8. The number of nitrogens with one attached hydrogen (secondary N) is 2. The van der Waals surface area contributed by atoms with E-state index in [0.717, 1.165) is 18.3 Å². The number of alkyl halides is 1. The molecule has 45 heavy (non-hydrogen) atoms. The lowest BCUT2D eigenvalue weighted by Gasteiger charge is -2.38. The minimum atomic E-state index is -1.71. The first kappa shape index (κ1) is 32.4. The molecule has 2 aromatic rings. The third kappa shape index (κ3) is 6.97. The number of anilines is 1. The van der Waals surface area contributed by atoms with Gasteiger partial charge in [-0.3, -0.25) is 19.4 Å². The van der Waals surface area contributed by atoms with E-state index in [9.17, 15) is 32.7 Å². The van der Waals surface area contributed by atoms with Gasteiger partial charge in [0.1, 0.15) is 0 Å². The number of amides is 3. The van der Waals surface area contributed by atoms with E-state index in [1.165, 1.54) is 25.1 Å². The summed E-state index contributed by atoms with van der Waals surface area (Å²) in [6, 6.07) is 6.55. The van der Waals surface area contributed by atoms with E-state index < -0.39 is 41.4 Å². The SMILES string of the molecule is CC1(C(=O)Nc2ccc(C(=O)N3CCN(C(=O)CC4(O)CCNCC4)CC3)c(Cl)c2)N=CC(c2ccc(OCF)c(F)c2F)=N1. The summed E-state index contributed by atoms with van der Waals surface area (Å²) in [5.74, 6) is -4.50. The maximum atomic E-state index is 14.6. The highest BCUT2D eigenvalue weighted by molar-refractivity contribution is 6.40. The van der Waals surface area contributed by atoms with Crippen LogP contribution in [0.15, 0.2) is 40.3 Å². The first-order chi connectivity index (χ1) is 21.4. The molecule has 3 aliphatic rings. The molecule has 3 heterocycles. The van der Waals surface area contributed by atoms with Crippen molar-refractivity contribution in [1.82, 2.24) is 15.1 Å². The molecule has 15 heteroatoms. The molecular weight excluding hydrogens is 617 g/mol. The van der Waals surface area contributed by atoms with Gasteiger partial charge in [-0.2, -0.15) is 4.39 Å². The van der Waals surface area contributed by atoms with Gasteiger partial charge in [-0.25, -0.2) is 13.8 Å². The Morgan fingerprint density at radius 2 is 1.76 bits per heavy atom. The quantitative estimate of drug-likeness (QED) is 0.403. The summed E-state index contributed by atoms with van der Waals surface area (Å²) in [5.41, 5.74) is -2.64. The topological polar surface area (TPSA) is 136 Å². The lowest BCUT2D eigenvalue weighted by molar-refractivity contribution is -0.139. The largest absolute Gasteiger partial charge is 0.460 e. The summed E-state index contributed by atoms with van der Waals surface area (Å²) in [6.45, 7) is 2.62. The summed E-state index contributed by atoms with van der Waals surface area (Å²) < 4.78 is 45.6. The summed E-state index contributed by atoms with van der Waals surface area (Å²) in [6.07, 6.45) is 2.22. The maximum absolute atomic E-state index is 14.6. The molecule has 2 aromatic carbocycles. The monoisotopic (exact) mass is 648 g/mol. The standard InChI is InChI=1S/C30H32ClF3N6O5/c1-29(36-16-22(38-29)20-4-5-23(45-17-32)26(34)25(20)33)28(43)37-18-2-3-19(21(31)14-18)27(42)40-12-10-39(11-13-40)24(41)15-30(44)6-8-35-9-7-30/h2-5,14,16,35,44H,6-13,15,17H2,1H3,(H,37,43). The first-order valence-electron chi connectivity index (χ1n) is 14.4. The molecule has 2 saturated heterocycles. The van der Waals surface area contributed by atoms with Gasteiger partial charge in [-0.1, -0.05) is 11.6 Å². The van der Waals surface area contributed by atoms with E-state index in [4.69, 9.17) is 11.6 Å².